The zero-order valence-electron chi connectivity index (χ0n) is 13.3. The molecule has 118 valence electrons. The number of nitrogens with zero attached hydrogens (tertiary/aromatic N) is 4. The van der Waals surface area contributed by atoms with Gasteiger partial charge in [0.05, 0.1) is 0 Å². The van der Waals surface area contributed by atoms with Crippen LogP contribution in [0, 0.1) is 11.8 Å². The molecule has 1 saturated heterocycles. The van der Waals surface area contributed by atoms with Gasteiger partial charge < -0.3 is 14.6 Å². The summed E-state index contributed by atoms with van der Waals surface area (Å²) in [4.78, 5) is 2.58. The molecule has 5 nitrogen and oxygen atoms in total. The van der Waals surface area contributed by atoms with Crippen LogP contribution < -0.4 is 0 Å². The van der Waals surface area contributed by atoms with E-state index in [2.05, 4.69) is 33.5 Å². The number of hydrogen-bond acceptors (Lipinski definition) is 4. The summed E-state index contributed by atoms with van der Waals surface area (Å²) in [7, 11) is 0. The number of aromatic nitrogens is 3. The lowest BCUT2D eigenvalue weighted by Crippen LogP contribution is -2.40. The summed E-state index contributed by atoms with van der Waals surface area (Å²) in [5.41, 5.74) is 0. The van der Waals surface area contributed by atoms with E-state index in [4.69, 9.17) is 0 Å². The van der Waals surface area contributed by atoms with Crippen LogP contribution in [-0.4, -0.2) is 50.5 Å². The summed E-state index contributed by atoms with van der Waals surface area (Å²) in [6.07, 6.45) is 5.63. The SMILES string of the molecule is CC(C)N1CCCC(Cc2nnc3n2CC(CO)CC3)C1. The van der Waals surface area contributed by atoms with E-state index in [0.29, 0.717) is 17.9 Å². The molecular weight excluding hydrogens is 264 g/mol. The van der Waals surface area contributed by atoms with Crippen LogP contribution in [0.4, 0.5) is 0 Å². The van der Waals surface area contributed by atoms with E-state index < -0.39 is 0 Å². The predicted molar refractivity (Wildman–Crippen MR) is 82.1 cm³/mol. The topological polar surface area (TPSA) is 54.2 Å². The molecule has 2 atom stereocenters. The van der Waals surface area contributed by atoms with Crippen LogP contribution in [0.2, 0.25) is 0 Å². The molecule has 0 bridgehead atoms. The van der Waals surface area contributed by atoms with E-state index in [1.165, 1.54) is 25.9 Å². The number of rotatable bonds is 4. The Hall–Kier alpha value is -0.940. The normalized spacial score (nSPS) is 27.0. The van der Waals surface area contributed by atoms with Crippen molar-refractivity contribution < 1.29 is 5.11 Å². The fourth-order valence-corrected chi connectivity index (χ4v) is 3.74. The number of piperidine rings is 1. The maximum absolute atomic E-state index is 9.40. The summed E-state index contributed by atoms with van der Waals surface area (Å²) < 4.78 is 2.28. The maximum Gasteiger partial charge on any atom is 0.133 e. The minimum Gasteiger partial charge on any atom is -0.396 e. The standard InChI is InChI=1S/C16H28N4O/c1-12(2)19-7-3-4-13(9-19)8-16-18-17-15-6-5-14(11-21)10-20(15)16/h12-14,21H,3-11H2,1-2H3. The van der Waals surface area contributed by atoms with Crippen LogP contribution in [0.3, 0.4) is 0 Å². The lowest BCUT2D eigenvalue weighted by molar-refractivity contribution is 0.137. The molecule has 5 heteroatoms. The lowest BCUT2D eigenvalue weighted by Gasteiger charge is -2.35. The van der Waals surface area contributed by atoms with Gasteiger partial charge in [-0.3, -0.25) is 0 Å². The Balaban J connectivity index is 1.67. The largest absolute Gasteiger partial charge is 0.396 e. The van der Waals surface area contributed by atoms with Gasteiger partial charge >= 0.3 is 0 Å². The third-order valence-corrected chi connectivity index (χ3v) is 5.13. The summed E-state index contributed by atoms with van der Waals surface area (Å²) in [5.74, 6) is 3.33. The van der Waals surface area contributed by atoms with Crippen molar-refractivity contribution in [2.45, 2.75) is 58.5 Å². The summed E-state index contributed by atoms with van der Waals surface area (Å²) in [5, 5.41) is 18.2. The van der Waals surface area contributed by atoms with Crippen molar-refractivity contribution >= 4 is 0 Å². The first-order valence-electron chi connectivity index (χ1n) is 8.43. The molecule has 2 aliphatic heterocycles. The highest BCUT2D eigenvalue weighted by Gasteiger charge is 2.26. The molecule has 0 saturated carbocycles. The molecule has 2 aliphatic rings. The minimum absolute atomic E-state index is 0.279. The number of aliphatic hydroxyl groups excluding tert-OH is 1. The van der Waals surface area contributed by atoms with E-state index >= 15 is 0 Å². The first-order chi connectivity index (χ1) is 10.2. The van der Waals surface area contributed by atoms with Crippen LogP contribution in [0.25, 0.3) is 0 Å². The molecule has 3 rings (SSSR count). The predicted octanol–water partition coefficient (Wildman–Crippen LogP) is 1.50. The van der Waals surface area contributed by atoms with Gasteiger partial charge in [-0.1, -0.05) is 0 Å². The fourth-order valence-electron chi connectivity index (χ4n) is 3.74. The van der Waals surface area contributed by atoms with Gasteiger partial charge in [0, 0.05) is 44.5 Å². The number of aliphatic hydroxyl groups is 1. The zero-order valence-corrected chi connectivity index (χ0v) is 13.3. The van der Waals surface area contributed by atoms with Crippen LogP contribution in [-0.2, 0) is 19.4 Å². The zero-order chi connectivity index (χ0) is 14.8. The van der Waals surface area contributed by atoms with Gasteiger partial charge in [-0.15, -0.1) is 10.2 Å². The molecule has 0 aromatic carbocycles. The summed E-state index contributed by atoms with van der Waals surface area (Å²) in [6, 6.07) is 0.638. The number of aryl methyl sites for hydroxylation is 1. The molecule has 1 fully saturated rings. The van der Waals surface area contributed by atoms with Crippen LogP contribution in [0.15, 0.2) is 0 Å². The highest BCUT2D eigenvalue weighted by atomic mass is 16.3. The average Bonchev–Trinajstić information content (AvgIpc) is 2.89. The second kappa shape index (κ2) is 6.44. The molecular formula is C16H28N4O. The lowest BCUT2D eigenvalue weighted by atomic mass is 9.93. The van der Waals surface area contributed by atoms with Crippen molar-refractivity contribution in [3.63, 3.8) is 0 Å². The third kappa shape index (κ3) is 3.29. The monoisotopic (exact) mass is 292 g/mol. The van der Waals surface area contributed by atoms with Gasteiger partial charge in [-0.05, 0) is 45.6 Å². The minimum atomic E-state index is 0.279. The Kier molecular flexibility index (Phi) is 4.60. The quantitative estimate of drug-likeness (QED) is 0.913. The molecule has 0 radical (unpaired) electrons. The van der Waals surface area contributed by atoms with Crippen molar-refractivity contribution in [3.05, 3.63) is 11.6 Å². The van der Waals surface area contributed by atoms with E-state index in [1.54, 1.807) is 0 Å². The van der Waals surface area contributed by atoms with Crippen molar-refractivity contribution in [1.29, 1.82) is 0 Å². The fraction of sp³-hybridized carbons (Fsp3) is 0.875. The van der Waals surface area contributed by atoms with Gasteiger partial charge in [-0.25, -0.2) is 0 Å². The average molecular weight is 292 g/mol. The third-order valence-electron chi connectivity index (χ3n) is 5.13. The Morgan fingerprint density at radius 2 is 2.05 bits per heavy atom. The van der Waals surface area contributed by atoms with Crippen molar-refractivity contribution in [2.75, 3.05) is 19.7 Å². The Morgan fingerprint density at radius 3 is 2.81 bits per heavy atom. The molecule has 21 heavy (non-hydrogen) atoms. The van der Waals surface area contributed by atoms with Gasteiger partial charge in [0.2, 0.25) is 0 Å². The van der Waals surface area contributed by atoms with Gasteiger partial charge in [0.15, 0.2) is 0 Å². The molecule has 1 aromatic heterocycles. The molecule has 1 N–H and O–H groups in total. The Morgan fingerprint density at radius 1 is 1.19 bits per heavy atom. The van der Waals surface area contributed by atoms with E-state index in [1.807, 2.05) is 0 Å². The van der Waals surface area contributed by atoms with Crippen LogP contribution in [0.5, 0.6) is 0 Å². The second-order valence-corrected chi connectivity index (χ2v) is 7.03. The van der Waals surface area contributed by atoms with E-state index in [9.17, 15) is 5.11 Å². The first-order valence-corrected chi connectivity index (χ1v) is 8.43. The van der Waals surface area contributed by atoms with Gasteiger partial charge in [0.25, 0.3) is 0 Å². The second-order valence-electron chi connectivity index (χ2n) is 7.03. The van der Waals surface area contributed by atoms with Crippen molar-refractivity contribution in [1.82, 2.24) is 19.7 Å². The van der Waals surface area contributed by atoms with Gasteiger partial charge in [0.1, 0.15) is 11.6 Å². The van der Waals surface area contributed by atoms with Crippen LogP contribution in [0.1, 0.15) is 44.8 Å². The highest BCUT2D eigenvalue weighted by molar-refractivity contribution is 5.01. The maximum atomic E-state index is 9.40. The molecule has 2 unspecified atom stereocenters. The van der Waals surface area contributed by atoms with Crippen LogP contribution >= 0.6 is 0 Å². The molecule has 0 spiro atoms. The van der Waals surface area contributed by atoms with Crippen molar-refractivity contribution in [2.24, 2.45) is 11.8 Å². The smallest absolute Gasteiger partial charge is 0.133 e. The summed E-state index contributed by atoms with van der Waals surface area (Å²) >= 11 is 0. The highest BCUT2D eigenvalue weighted by Crippen LogP contribution is 2.25. The molecule has 0 amide bonds. The Labute approximate surface area is 127 Å². The Bertz CT molecular complexity index is 471. The van der Waals surface area contributed by atoms with Gasteiger partial charge in [-0.2, -0.15) is 0 Å². The molecule has 0 aliphatic carbocycles. The molecule has 1 aromatic rings. The number of likely N-dealkylation sites (tertiary alicyclic amines) is 1. The number of fused-ring (bicyclic) bond motifs is 1. The van der Waals surface area contributed by atoms with E-state index in [-0.39, 0.29) is 6.61 Å². The van der Waals surface area contributed by atoms with E-state index in [0.717, 1.165) is 37.5 Å². The summed E-state index contributed by atoms with van der Waals surface area (Å²) in [6.45, 7) is 8.17. The molecule has 3 heterocycles. The van der Waals surface area contributed by atoms with Crippen molar-refractivity contribution in [3.8, 4) is 0 Å². The first kappa shape index (κ1) is 15.0. The number of hydrogen-bond donors (Lipinski definition) is 1.